The molecule has 1 saturated carbocycles. The van der Waals surface area contributed by atoms with Gasteiger partial charge in [-0.1, -0.05) is 41.9 Å². The Kier molecular flexibility index (Phi) is 6.33. The highest BCUT2D eigenvalue weighted by Crippen LogP contribution is 2.40. The summed E-state index contributed by atoms with van der Waals surface area (Å²) in [6.07, 6.45) is 9.46. The Labute approximate surface area is 178 Å². The van der Waals surface area contributed by atoms with Gasteiger partial charge in [0.15, 0.2) is 5.78 Å². The number of hydrazine groups is 1. The normalized spacial score (nSPS) is 27.8. The Morgan fingerprint density at radius 3 is 2.69 bits per heavy atom. The van der Waals surface area contributed by atoms with E-state index in [9.17, 15) is 4.79 Å². The Bertz CT molecular complexity index is 833. The number of aryl methyl sites for hydroxylation is 1. The molecule has 1 atom stereocenters. The minimum absolute atomic E-state index is 0.0568. The van der Waals surface area contributed by atoms with Crippen LogP contribution < -0.4 is 5.43 Å². The van der Waals surface area contributed by atoms with Crippen LogP contribution in [0.3, 0.4) is 0 Å². The fraction of sp³-hybridized carbons (Fsp3) is 0.500. The molecule has 5 heteroatoms. The largest absolute Gasteiger partial charge is 0.294 e. The van der Waals surface area contributed by atoms with E-state index in [1.54, 1.807) is 0 Å². The summed E-state index contributed by atoms with van der Waals surface area (Å²) in [5.74, 6) is 1.05. The van der Waals surface area contributed by atoms with Crippen LogP contribution in [-0.4, -0.2) is 34.9 Å². The topological polar surface area (TPSA) is 45.2 Å². The molecule has 29 heavy (non-hydrogen) atoms. The number of aromatic nitrogens is 1. The van der Waals surface area contributed by atoms with Gasteiger partial charge in [-0.05, 0) is 63.0 Å². The van der Waals surface area contributed by atoms with Gasteiger partial charge in [0, 0.05) is 36.8 Å². The summed E-state index contributed by atoms with van der Waals surface area (Å²) in [5.41, 5.74) is 5.63. The first-order valence-electron chi connectivity index (χ1n) is 10.7. The van der Waals surface area contributed by atoms with Gasteiger partial charge in [0.2, 0.25) is 0 Å². The molecule has 2 heterocycles. The summed E-state index contributed by atoms with van der Waals surface area (Å²) >= 11 is 6.26. The number of ketones is 1. The highest BCUT2D eigenvalue weighted by Gasteiger charge is 2.43. The SMILES string of the molecule is CN1CC(C(=O)c2ccccc2)CC2(CCC(CCc3ncccc3Cl)CC2)N1. The maximum Gasteiger partial charge on any atom is 0.167 e. The van der Waals surface area contributed by atoms with Gasteiger partial charge >= 0.3 is 0 Å². The molecule has 1 unspecified atom stereocenters. The van der Waals surface area contributed by atoms with E-state index < -0.39 is 0 Å². The average molecular weight is 412 g/mol. The number of nitrogens with one attached hydrogen (secondary N) is 1. The molecule has 0 radical (unpaired) electrons. The van der Waals surface area contributed by atoms with E-state index >= 15 is 0 Å². The van der Waals surface area contributed by atoms with Crippen molar-refractivity contribution in [2.75, 3.05) is 13.6 Å². The van der Waals surface area contributed by atoms with Crippen molar-refractivity contribution in [2.45, 2.75) is 50.5 Å². The molecule has 0 amide bonds. The van der Waals surface area contributed by atoms with Crippen LogP contribution in [0.4, 0.5) is 0 Å². The quantitative estimate of drug-likeness (QED) is 0.708. The van der Waals surface area contributed by atoms with Gasteiger partial charge in [-0.3, -0.25) is 9.78 Å². The van der Waals surface area contributed by atoms with Gasteiger partial charge in [0.1, 0.15) is 0 Å². The zero-order valence-electron chi connectivity index (χ0n) is 17.1. The van der Waals surface area contributed by atoms with Gasteiger partial charge in [-0.25, -0.2) is 10.4 Å². The zero-order valence-corrected chi connectivity index (χ0v) is 17.9. The van der Waals surface area contributed by atoms with Gasteiger partial charge in [-0.2, -0.15) is 0 Å². The van der Waals surface area contributed by atoms with Gasteiger partial charge < -0.3 is 0 Å². The smallest absolute Gasteiger partial charge is 0.167 e. The van der Waals surface area contributed by atoms with E-state index in [0.717, 1.165) is 54.9 Å². The van der Waals surface area contributed by atoms with Crippen molar-refractivity contribution in [3.8, 4) is 0 Å². The lowest BCUT2D eigenvalue weighted by Gasteiger charge is -2.49. The number of Topliss-reactive ketones (excluding diaryl/α,β-unsaturated/α-hetero) is 1. The number of carbonyl (C=O) groups is 1. The van der Waals surface area contributed by atoms with Crippen LogP contribution in [0.25, 0.3) is 0 Å². The van der Waals surface area contributed by atoms with Crippen molar-refractivity contribution in [1.29, 1.82) is 0 Å². The number of hydrogen-bond donors (Lipinski definition) is 1. The monoisotopic (exact) mass is 411 g/mol. The van der Waals surface area contributed by atoms with Gasteiger partial charge in [0.25, 0.3) is 0 Å². The number of benzene rings is 1. The van der Waals surface area contributed by atoms with Crippen molar-refractivity contribution in [1.82, 2.24) is 15.4 Å². The van der Waals surface area contributed by atoms with Crippen molar-refractivity contribution in [3.05, 3.63) is 64.9 Å². The van der Waals surface area contributed by atoms with Crippen molar-refractivity contribution >= 4 is 17.4 Å². The third-order valence-corrected chi connectivity index (χ3v) is 7.02. The van der Waals surface area contributed by atoms with Crippen LogP contribution in [0.1, 0.15) is 54.6 Å². The minimum Gasteiger partial charge on any atom is -0.294 e. The fourth-order valence-corrected chi connectivity index (χ4v) is 5.37. The number of carbonyl (C=O) groups excluding carboxylic acids is 1. The molecule has 4 nitrogen and oxygen atoms in total. The Hall–Kier alpha value is -1.75. The molecule has 2 aromatic rings. The number of halogens is 1. The van der Waals surface area contributed by atoms with E-state index in [1.165, 1.54) is 12.8 Å². The second-order valence-corrected chi connectivity index (χ2v) is 9.23. The Morgan fingerprint density at radius 1 is 1.21 bits per heavy atom. The lowest BCUT2D eigenvalue weighted by Crippen LogP contribution is -2.61. The van der Waals surface area contributed by atoms with Crippen LogP contribution in [0.5, 0.6) is 0 Å². The molecule has 1 aromatic carbocycles. The van der Waals surface area contributed by atoms with E-state index in [-0.39, 0.29) is 17.2 Å². The lowest BCUT2D eigenvalue weighted by atomic mass is 9.69. The molecule has 1 aliphatic heterocycles. The molecule has 1 aliphatic carbocycles. The Balaban J connectivity index is 1.35. The summed E-state index contributed by atoms with van der Waals surface area (Å²) in [5, 5.41) is 2.92. The standard InChI is InChI=1S/C24H30ClN3O/c1-28-17-20(23(29)19-6-3-2-4-7-19)16-24(27-28)13-11-18(12-14-24)9-10-22-21(25)8-5-15-26-22/h2-8,15,18,20,27H,9-14,16-17H2,1H3. The van der Waals surface area contributed by atoms with E-state index in [2.05, 4.69) is 22.5 Å². The summed E-state index contributed by atoms with van der Waals surface area (Å²) in [4.78, 5) is 17.5. The summed E-state index contributed by atoms with van der Waals surface area (Å²) in [6.45, 7) is 0.775. The maximum absolute atomic E-state index is 13.1. The maximum atomic E-state index is 13.1. The van der Waals surface area contributed by atoms with Gasteiger partial charge in [-0.15, -0.1) is 0 Å². The van der Waals surface area contributed by atoms with Crippen LogP contribution in [0, 0.1) is 11.8 Å². The van der Waals surface area contributed by atoms with Crippen LogP contribution in [0.2, 0.25) is 5.02 Å². The molecule has 1 spiro atoms. The molecule has 2 aliphatic rings. The molecule has 1 saturated heterocycles. The molecule has 4 rings (SSSR count). The van der Waals surface area contributed by atoms with Crippen LogP contribution in [0.15, 0.2) is 48.7 Å². The first kappa shape index (κ1) is 20.5. The number of rotatable bonds is 5. The lowest BCUT2D eigenvalue weighted by molar-refractivity contribution is 0.00795. The first-order valence-corrected chi connectivity index (χ1v) is 11.1. The summed E-state index contributed by atoms with van der Waals surface area (Å²) < 4.78 is 0. The number of pyridine rings is 1. The second-order valence-electron chi connectivity index (χ2n) is 8.82. The Morgan fingerprint density at radius 2 is 1.97 bits per heavy atom. The van der Waals surface area contributed by atoms with Crippen LogP contribution in [-0.2, 0) is 6.42 Å². The molecule has 154 valence electrons. The molecule has 0 bridgehead atoms. The first-order chi connectivity index (χ1) is 14.0. The molecule has 1 aromatic heterocycles. The van der Waals surface area contributed by atoms with Crippen molar-refractivity contribution < 1.29 is 4.79 Å². The minimum atomic E-state index is 0.0568. The van der Waals surface area contributed by atoms with E-state index in [4.69, 9.17) is 11.6 Å². The predicted octanol–water partition coefficient (Wildman–Crippen LogP) is 4.94. The van der Waals surface area contributed by atoms with E-state index in [0.29, 0.717) is 5.92 Å². The van der Waals surface area contributed by atoms with Gasteiger partial charge in [0.05, 0.1) is 10.7 Å². The fourth-order valence-electron chi connectivity index (χ4n) is 5.15. The summed E-state index contributed by atoms with van der Waals surface area (Å²) in [7, 11) is 2.07. The van der Waals surface area contributed by atoms with Crippen molar-refractivity contribution in [3.63, 3.8) is 0 Å². The van der Waals surface area contributed by atoms with Crippen molar-refractivity contribution in [2.24, 2.45) is 11.8 Å². The van der Waals surface area contributed by atoms with E-state index in [1.807, 2.05) is 48.7 Å². The number of nitrogens with zero attached hydrogens (tertiary/aromatic N) is 2. The average Bonchev–Trinajstić information content (AvgIpc) is 2.74. The second kappa shape index (κ2) is 8.95. The summed E-state index contributed by atoms with van der Waals surface area (Å²) in [6, 6.07) is 13.6. The third kappa shape index (κ3) is 4.88. The molecular weight excluding hydrogens is 382 g/mol. The molecule has 1 N–H and O–H groups in total. The molecular formula is C24H30ClN3O. The highest BCUT2D eigenvalue weighted by atomic mass is 35.5. The predicted molar refractivity (Wildman–Crippen MR) is 117 cm³/mol. The van der Waals surface area contributed by atoms with Crippen LogP contribution >= 0.6 is 11.6 Å². The zero-order chi connectivity index (χ0) is 20.3. The highest BCUT2D eigenvalue weighted by molar-refractivity contribution is 6.31. The molecule has 2 fully saturated rings. The number of hydrogen-bond acceptors (Lipinski definition) is 4. The third-order valence-electron chi connectivity index (χ3n) is 6.67.